The molecule has 1 atom stereocenters. The molecule has 0 aliphatic carbocycles. The summed E-state index contributed by atoms with van der Waals surface area (Å²) in [6.45, 7) is 0. The Balaban J connectivity index is 1.65. The highest BCUT2D eigenvalue weighted by atomic mass is 32.1. The van der Waals surface area contributed by atoms with Gasteiger partial charge in [0.2, 0.25) is 6.10 Å². The number of methoxy groups -OCH3 is 1. The Labute approximate surface area is 174 Å². The topological polar surface area (TPSA) is 64.6 Å². The largest absolute Gasteiger partial charge is 0.497 e. The summed E-state index contributed by atoms with van der Waals surface area (Å²) in [7, 11) is 1.56. The molecule has 3 rings (SSSR count). The number of aryl methyl sites for hydroxylation is 1. The Kier molecular flexibility index (Phi) is 7.41. The van der Waals surface area contributed by atoms with E-state index in [1.807, 2.05) is 35.7 Å². The minimum atomic E-state index is -1.02. The first-order chi connectivity index (χ1) is 14.2. The van der Waals surface area contributed by atoms with Crippen LogP contribution in [-0.2, 0) is 20.7 Å². The maximum atomic E-state index is 12.9. The van der Waals surface area contributed by atoms with Crippen LogP contribution in [0.2, 0.25) is 0 Å². The van der Waals surface area contributed by atoms with E-state index in [1.54, 1.807) is 54.8 Å². The third-order valence-corrected chi connectivity index (χ3v) is 5.25. The van der Waals surface area contributed by atoms with Crippen LogP contribution in [0.5, 0.6) is 5.75 Å². The summed E-state index contributed by atoms with van der Waals surface area (Å²) in [6, 6.07) is 20.1. The Morgan fingerprint density at radius 2 is 1.86 bits per heavy atom. The van der Waals surface area contributed by atoms with Gasteiger partial charge in [-0.1, -0.05) is 42.5 Å². The molecule has 0 saturated carbocycles. The average Bonchev–Trinajstić information content (AvgIpc) is 3.26. The van der Waals surface area contributed by atoms with Crippen LogP contribution in [0.15, 0.2) is 72.1 Å². The molecule has 1 heterocycles. The Morgan fingerprint density at radius 3 is 2.59 bits per heavy atom. The van der Waals surface area contributed by atoms with Gasteiger partial charge in [-0.3, -0.25) is 9.59 Å². The van der Waals surface area contributed by atoms with Gasteiger partial charge in [0.1, 0.15) is 5.75 Å². The number of nitrogens with one attached hydrogen (secondary N) is 1. The van der Waals surface area contributed by atoms with Gasteiger partial charge in [0.25, 0.3) is 5.91 Å². The van der Waals surface area contributed by atoms with Gasteiger partial charge in [0.15, 0.2) is 0 Å². The molecule has 0 bridgehead atoms. The van der Waals surface area contributed by atoms with Crippen LogP contribution in [0.3, 0.4) is 0 Å². The van der Waals surface area contributed by atoms with Crippen molar-refractivity contribution in [1.29, 1.82) is 0 Å². The van der Waals surface area contributed by atoms with E-state index in [4.69, 9.17) is 9.47 Å². The van der Waals surface area contributed by atoms with E-state index in [-0.39, 0.29) is 6.42 Å². The number of hydrogen-bond acceptors (Lipinski definition) is 5. The summed E-state index contributed by atoms with van der Waals surface area (Å²) in [5.74, 6) is -0.170. The summed E-state index contributed by atoms with van der Waals surface area (Å²) >= 11 is 1.67. The lowest BCUT2D eigenvalue weighted by atomic mass is 10.1. The highest BCUT2D eigenvalue weighted by Gasteiger charge is 2.25. The molecule has 0 unspecified atom stereocenters. The van der Waals surface area contributed by atoms with Crippen molar-refractivity contribution in [3.8, 4) is 5.75 Å². The minimum Gasteiger partial charge on any atom is -0.497 e. The molecule has 0 fully saturated rings. The number of thiophene rings is 1. The van der Waals surface area contributed by atoms with Gasteiger partial charge in [-0.25, -0.2) is 0 Å². The number of hydrogen-bond donors (Lipinski definition) is 1. The van der Waals surface area contributed by atoms with Gasteiger partial charge in [-0.15, -0.1) is 11.3 Å². The normalized spacial score (nSPS) is 11.5. The molecule has 0 radical (unpaired) electrons. The Hall–Kier alpha value is -3.12. The van der Waals surface area contributed by atoms with Crippen molar-refractivity contribution in [2.24, 2.45) is 0 Å². The quantitative estimate of drug-likeness (QED) is 0.505. The van der Waals surface area contributed by atoms with E-state index in [2.05, 4.69) is 5.32 Å². The van der Waals surface area contributed by atoms with Crippen molar-refractivity contribution in [3.63, 3.8) is 0 Å². The molecule has 0 aliphatic rings. The number of carbonyl (C=O) groups is 2. The first kappa shape index (κ1) is 20.6. The van der Waals surface area contributed by atoms with Crippen LogP contribution in [0, 0.1) is 0 Å². The van der Waals surface area contributed by atoms with Gasteiger partial charge in [-0.05, 0) is 36.4 Å². The number of amides is 1. The van der Waals surface area contributed by atoms with Gasteiger partial charge in [-0.2, -0.15) is 0 Å². The summed E-state index contributed by atoms with van der Waals surface area (Å²) in [6.07, 6.45) is 0.738. The zero-order valence-electron chi connectivity index (χ0n) is 16.2. The molecule has 29 heavy (non-hydrogen) atoms. The first-order valence-electron chi connectivity index (χ1n) is 9.37. The van der Waals surface area contributed by atoms with E-state index in [9.17, 15) is 9.59 Å². The van der Waals surface area contributed by atoms with E-state index in [0.717, 1.165) is 6.42 Å². The fourth-order valence-corrected chi connectivity index (χ4v) is 3.61. The molecule has 0 saturated heterocycles. The predicted octanol–water partition coefficient (Wildman–Crippen LogP) is 5.00. The number of benzene rings is 2. The maximum absolute atomic E-state index is 12.9. The number of carbonyl (C=O) groups excluding carboxylic acids is 2. The molecule has 2 aromatic carbocycles. The molecule has 0 spiro atoms. The van der Waals surface area contributed by atoms with Gasteiger partial charge in [0.05, 0.1) is 7.11 Å². The highest BCUT2D eigenvalue weighted by molar-refractivity contribution is 7.09. The van der Waals surface area contributed by atoms with Crippen molar-refractivity contribution in [1.82, 2.24) is 0 Å². The molecule has 5 nitrogen and oxygen atoms in total. The van der Waals surface area contributed by atoms with Crippen molar-refractivity contribution in [2.45, 2.75) is 25.4 Å². The second-order valence-electron chi connectivity index (χ2n) is 6.43. The maximum Gasteiger partial charge on any atom is 0.306 e. The van der Waals surface area contributed by atoms with Gasteiger partial charge >= 0.3 is 5.97 Å². The van der Waals surface area contributed by atoms with Crippen molar-refractivity contribution in [2.75, 3.05) is 12.4 Å². The zero-order chi connectivity index (χ0) is 20.5. The Bertz CT molecular complexity index is 925. The standard InChI is InChI=1S/C23H23NO4S/c1-27-19-11-5-10-18(16-19)24-23(26)22(17-8-3-2-4-9-17)28-21(25)14-6-12-20-13-7-15-29-20/h2-5,7-11,13,15-16,22H,6,12,14H2,1H3,(H,24,26)/t22-/m1/s1. The monoisotopic (exact) mass is 409 g/mol. The SMILES string of the molecule is COc1cccc(NC(=O)[C@H](OC(=O)CCCc2cccs2)c2ccccc2)c1. The summed E-state index contributed by atoms with van der Waals surface area (Å²) in [5.41, 5.74) is 1.20. The third kappa shape index (κ3) is 6.19. The third-order valence-electron chi connectivity index (χ3n) is 4.31. The van der Waals surface area contributed by atoms with E-state index in [1.165, 1.54) is 4.88 Å². The van der Waals surface area contributed by atoms with Crippen molar-refractivity contribution >= 4 is 28.9 Å². The van der Waals surface area contributed by atoms with Crippen molar-refractivity contribution in [3.05, 3.63) is 82.6 Å². The van der Waals surface area contributed by atoms with Crippen molar-refractivity contribution < 1.29 is 19.1 Å². The fraction of sp³-hybridized carbons (Fsp3) is 0.217. The van der Waals surface area contributed by atoms with Crippen LogP contribution in [0.25, 0.3) is 0 Å². The summed E-state index contributed by atoms with van der Waals surface area (Å²) in [4.78, 5) is 26.5. The zero-order valence-corrected chi connectivity index (χ0v) is 17.0. The molecular weight excluding hydrogens is 386 g/mol. The van der Waals surface area contributed by atoms with Crippen LogP contribution in [0.4, 0.5) is 5.69 Å². The molecular formula is C23H23NO4S. The molecule has 1 N–H and O–H groups in total. The summed E-state index contributed by atoms with van der Waals surface area (Å²) < 4.78 is 10.8. The molecule has 1 amide bonds. The fourth-order valence-electron chi connectivity index (χ4n) is 2.86. The van der Waals surface area contributed by atoms with E-state index in [0.29, 0.717) is 23.4 Å². The van der Waals surface area contributed by atoms with Crippen LogP contribution in [0.1, 0.15) is 29.4 Å². The minimum absolute atomic E-state index is 0.258. The predicted molar refractivity (Wildman–Crippen MR) is 114 cm³/mol. The lowest BCUT2D eigenvalue weighted by molar-refractivity contribution is -0.154. The number of esters is 1. The van der Waals surface area contributed by atoms with Crippen LogP contribution in [-0.4, -0.2) is 19.0 Å². The molecule has 3 aromatic rings. The number of rotatable bonds is 9. The second-order valence-corrected chi connectivity index (χ2v) is 7.47. The highest BCUT2D eigenvalue weighted by Crippen LogP contribution is 2.23. The molecule has 6 heteroatoms. The molecule has 150 valence electrons. The van der Waals surface area contributed by atoms with E-state index < -0.39 is 18.0 Å². The van der Waals surface area contributed by atoms with Crippen LogP contribution >= 0.6 is 11.3 Å². The summed E-state index contributed by atoms with van der Waals surface area (Å²) in [5, 5.41) is 4.82. The van der Waals surface area contributed by atoms with Crippen LogP contribution < -0.4 is 10.1 Å². The molecule has 1 aromatic heterocycles. The smallest absolute Gasteiger partial charge is 0.306 e. The second kappa shape index (κ2) is 10.4. The lowest BCUT2D eigenvalue weighted by Crippen LogP contribution is -2.25. The Morgan fingerprint density at radius 1 is 1.03 bits per heavy atom. The number of ether oxygens (including phenoxy) is 2. The lowest BCUT2D eigenvalue weighted by Gasteiger charge is -2.18. The number of anilines is 1. The first-order valence-corrected chi connectivity index (χ1v) is 10.3. The van der Waals surface area contributed by atoms with Gasteiger partial charge in [0, 0.05) is 28.6 Å². The van der Waals surface area contributed by atoms with E-state index >= 15 is 0 Å². The average molecular weight is 410 g/mol. The van der Waals surface area contributed by atoms with Gasteiger partial charge < -0.3 is 14.8 Å². The molecule has 0 aliphatic heterocycles.